The number of carboxylic acids is 1. The van der Waals surface area contributed by atoms with E-state index in [1.165, 1.54) is 37.7 Å². The number of aliphatic hydroxyl groups excluding tert-OH is 1. The van der Waals surface area contributed by atoms with E-state index >= 15 is 0 Å². The predicted octanol–water partition coefficient (Wildman–Crippen LogP) is 3.28. The van der Waals surface area contributed by atoms with Crippen molar-refractivity contribution in [3.63, 3.8) is 0 Å². The van der Waals surface area contributed by atoms with E-state index in [4.69, 9.17) is 5.11 Å². The van der Waals surface area contributed by atoms with Crippen molar-refractivity contribution >= 4 is 5.97 Å². The summed E-state index contributed by atoms with van der Waals surface area (Å²) in [6, 6.07) is 8.17. The van der Waals surface area contributed by atoms with Gasteiger partial charge in [-0.15, -0.1) is 0 Å². The number of rotatable bonds is 5. The van der Waals surface area contributed by atoms with Gasteiger partial charge in [0.2, 0.25) is 0 Å². The zero-order valence-electron chi connectivity index (χ0n) is 11.2. The number of aliphatic carboxylic acids is 1. The molecule has 0 amide bonds. The van der Waals surface area contributed by atoms with Crippen molar-refractivity contribution < 1.29 is 15.0 Å². The second-order valence-electron chi connectivity index (χ2n) is 5.48. The van der Waals surface area contributed by atoms with Crippen LogP contribution in [0.15, 0.2) is 24.3 Å². The van der Waals surface area contributed by atoms with Crippen molar-refractivity contribution in [3.8, 4) is 0 Å². The van der Waals surface area contributed by atoms with Gasteiger partial charge in [-0.05, 0) is 29.9 Å². The van der Waals surface area contributed by atoms with E-state index in [-0.39, 0.29) is 18.9 Å². The molecule has 1 aromatic rings. The van der Waals surface area contributed by atoms with Crippen LogP contribution in [0.1, 0.15) is 61.5 Å². The Bertz CT molecular complexity index is 405. The molecule has 1 atom stereocenters. The predicted molar refractivity (Wildman–Crippen MR) is 74.3 cm³/mol. The fraction of sp³-hybridized carbons (Fsp3) is 0.562. The molecule has 3 nitrogen and oxygen atoms in total. The zero-order valence-corrected chi connectivity index (χ0v) is 11.2. The molecule has 0 aromatic heterocycles. The van der Waals surface area contributed by atoms with E-state index in [0.29, 0.717) is 5.92 Å². The smallest absolute Gasteiger partial charge is 0.304 e. The van der Waals surface area contributed by atoms with E-state index in [9.17, 15) is 9.90 Å². The second-order valence-corrected chi connectivity index (χ2v) is 5.48. The van der Waals surface area contributed by atoms with Crippen LogP contribution >= 0.6 is 0 Å². The first-order chi connectivity index (χ1) is 9.20. The maximum Gasteiger partial charge on any atom is 0.304 e. The van der Waals surface area contributed by atoms with Crippen LogP contribution in [0.25, 0.3) is 0 Å². The highest BCUT2D eigenvalue weighted by Crippen LogP contribution is 2.33. The summed E-state index contributed by atoms with van der Waals surface area (Å²) in [5.41, 5.74) is 2.28. The molecule has 104 valence electrons. The van der Waals surface area contributed by atoms with Gasteiger partial charge >= 0.3 is 5.97 Å². The van der Waals surface area contributed by atoms with Crippen LogP contribution in [0.3, 0.4) is 0 Å². The Morgan fingerprint density at radius 3 is 2.32 bits per heavy atom. The van der Waals surface area contributed by atoms with Crippen molar-refractivity contribution in [2.45, 2.75) is 50.4 Å². The molecule has 1 unspecified atom stereocenters. The van der Waals surface area contributed by atoms with Crippen LogP contribution in [0.2, 0.25) is 0 Å². The number of hydrogen-bond acceptors (Lipinski definition) is 2. The molecule has 1 aliphatic rings. The molecule has 1 aromatic carbocycles. The van der Waals surface area contributed by atoms with Gasteiger partial charge in [-0.25, -0.2) is 0 Å². The lowest BCUT2D eigenvalue weighted by atomic mass is 9.83. The standard InChI is InChI=1S/C16H22O3/c17-11-15(10-16(18)19)14-8-6-13(7-9-14)12-4-2-1-3-5-12/h6-9,12,15,17H,1-5,10-11H2,(H,18,19). The molecule has 0 spiro atoms. The van der Waals surface area contributed by atoms with E-state index in [1.54, 1.807) is 0 Å². The molecular weight excluding hydrogens is 240 g/mol. The van der Waals surface area contributed by atoms with Crippen molar-refractivity contribution in [1.82, 2.24) is 0 Å². The monoisotopic (exact) mass is 262 g/mol. The summed E-state index contributed by atoms with van der Waals surface area (Å²) in [6.45, 7) is -0.116. The molecule has 2 N–H and O–H groups in total. The third-order valence-corrected chi connectivity index (χ3v) is 4.13. The van der Waals surface area contributed by atoms with E-state index in [0.717, 1.165) is 5.56 Å². The number of carbonyl (C=O) groups is 1. The number of hydrogen-bond donors (Lipinski definition) is 2. The van der Waals surface area contributed by atoms with Gasteiger partial charge < -0.3 is 10.2 Å². The summed E-state index contributed by atoms with van der Waals surface area (Å²) in [7, 11) is 0. The number of aliphatic hydroxyl groups is 1. The van der Waals surface area contributed by atoms with Gasteiger partial charge in [0.05, 0.1) is 13.0 Å². The Kier molecular flexibility index (Phi) is 4.97. The molecule has 19 heavy (non-hydrogen) atoms. The maximum absolute atomic E-state index is 10.7. The zero-order chi connectivity index (χ0) is 13.7. The number of carboxylic acid groups (broad SMARTS) is 1. The maximum atomic E-state index is 10.7. The van der Waals surface area contributed by atoms with Gasteiger partial charge in [-0.1, -0.05) is 43.5 Å². The Labute approximate surface area is 114 Å². The summed E-state index contributed by atoms with van der Waals surface area (Å²) < 4.78 is 0. The van der Waals surface area contributed by atoms with Crippen LogP contribution in [0.4, 0.5) is 0 Å². The molecule has 0 aliphatic heterocycles. The van der Waals surface area contributed by atoms with Gasteiger partial charge in [0.15, 0.2) is 0 Å². The fourth-order valence-electron chi connectivity index (χ4n) is 2.97. The largest absolute Gasteiger partial charge is 0.481 e. The fourth-order valence-corrected chi connectivity index (χ4v) is 2.97. The van der Waals surface area contributed by atoms with Crippen LogP contribution < -0.4 is 0 Å². The molecule has 2 rings (SSSR count). The van der Waals surface area contributed by atoms with Crippen LogP contribution in [-0.2, 0) is 4.79 Å². The molecule has 1 saturated carbocycles. The average Bonchev–Trinajstić information content (AvgIpc) is 2.46. The van der Waals surface area contributed by atoms with Gasteiger partial charge in [0.1, 0.15) is 0 Å². The third kappa shape index (κ3) is 3.80. The first-order valence-corrected chi connectivity index (χ1v) is 7.13. The third-order valence-electron chi connectivity index (χ3n) is 4.13. The Balaban J connectivity index is 2.05. The summed E-state index contributed by atoms with van der Waals surface area (Å²) in [5, 5.41) is 18.1. The SMILES string of the molecule is O=C(O)CC(CO)c1ccc(C2CCCCC2)cc1. The Morgan fingerprint density at radius 2 is 1.79 bits per heavy atom. The van der Waals surface area contributed by atoms with Gasteiger partial charge in [-0.2, -0.15) is 0 Å². The minimum Gasteiger partial charge on any atom is -0.481 e. The lowest BCUT2D eigenvalue weighted by molar-refractivity contribution is -0.137. The molecule has 1 fully saturated rings. The Hall–Kier alpha value is -1.35. The highest BCUT2D eigenvalue weighted by atomic mass is 16.4. The number of benzene rings is 1. The van der Waals surface area contributed by atoms with E-state index < -0.39 is 5.97 Å². The first-order valence-electron chi connectivity index (χ1n) is 7.13. The van der Waals surface area contributed by atoms with Gasteiger partial charge in [-0.3, -0.25) is 4.79 Å². The minimum absolute atomic E-state index is 0.0146. The van der Waals surface area contributed by atoms with Crippen molar-refractivity contribution in [1.29, 1.82) is 0 Å². The Morgan fingerprint density at radius 1 is 1.16 bits per heavy atom. The lowest BCUT2D eigenvalue weighted by Gasteiger charge is -2.22. The highest BCUT2D eigenvalue weighted by Gasteiger charge is 2.17. The van der Waals surface area contributed by atoms with Gasteiger partial charge in [0, 0.05) is 5.92 Å². The first kappa shape index (κ1) is 14.1. The molecule has 0 saturated heterocycles. The van der Waals surface area contributed by atoms with E-state index in [1.807, 2.05) is 12.1 Å². The molecule has 1 aliphatic carbocycles. The lowest BCUT2D eigenvalue weighted by Crippen LogP contribution is -2.10. The van der Waals surface area contributed by atoms with Crippen LogP contribution in [0, 0.1) is 0 Å². The average molecular weight is 262 g/mol. The summed E-state index contributed by atoms with van der Waals surface area (Å²) in [5.74, 6) is -0.497. The molecule has 0 radical (unpaired) electrons. The normalized spacial score (nSPS) is 18.2. The summed E-state index contributed by atoms with van der Waals surface area (Å²) in [6.07, 6.45) is 6.48. The summed E-state index contributed by atoms with van der Waals surface area (Å²) in [4.78, 5) is 10.7. The van der Waals surface area contributed by atoms with Crippen molar-refractivity contribution in [2.75, 3.05) is 6.61 Å². The summed E-state index contributed by atoms with van der Waals surface area (Å²) >= 11 is 0. The van der Waals surface area contributed by atoms with Crippen LogP contribution in [-0.4, -0.2) is 22.8 Å². The molecule has 0 bridgehead atoms. The second kappa shape index (κ2) is 6.71. The molecular formula is C16H22O3. The van der Waals surface area contributed by atoms with Crippen molar-refractivity contribution in [3.05, 3.63) is 35.4 Å². The van der Waals surface area contributed by atoms with Crippen molar-refractivity contribution in [2.24, 2.45) is 0 Å². The highest BCUT2D eigenvalue weighted by molar-refractivity contribution is 5.68. The minimum atomic E-state index is -0.865. The van der Waals surface area contributed by atoms with E-state index in [2.05, 4.69) is 12.1 Å². The molecule has 3 heteroatoms. The topological polar surface area (TPSA) is 57.5 Å². The molecule has 0 heterocycles. The quantitative estimate of drug-likeness (QED) is 0.856. The van der Waals surface area contributed by atoms with Gasteiger partial charge in [0.25, 0.3) is 0 Å². The van der Waals surface area contributed by atoms with Crippen LogP contribution in [0.5, 0.6) is 0 Å².